The highest BCUT2D eigenvalue weighted by atomic mass is 79.9. The number of carbonyl (C=O) groups is 1. The molecule has 3 nitrogen and oxygen atoms in total. The Balaban J connectivity index is 2.24. The van der Waals surface area contributed by atoms with E-state index < -0.39 is 0 Å². The van der Waals surface area contributed by atoms with Gasteiger partial charge in [0.2, 0.25) is 0 Å². The molecule has 1 aromatic heterocycles. The first-order valence-electron chi connectivity index (χ1n) is 6.44. The van der Waals surface area contributed by atoms with Crippen LogP contribution in [0.5, 0.6) is 0 Å². The zero-order valence-corrected chi connectivity index (χ0v) is 12.5. The number of hydrogen-bond acceptors (Lipinski definition) is 2. The Morgan fingerprint density at radius 1 is 1.44 bits per heavy atom. The smallest absolute Gasteiger partial charge is 0.255 e. The van der Waals surface area contributed by atoms with E-state index in [-0.39, 0.29) is 5.91 Å². The van der Waals surface area contributed by atoms with Crippen molar-refractivity contribution in [3.63, 3.8) is 0 Å². The van der Waals surface area contributed by atoms with Crippen LogP contribution in [0.4, 0.5) is 0 Å². The van der Waals surface area contributed by atoms with Gasteiger partial charge < -0.3 is 4.90 Å². The molecule has 0 aromatic carbocycles. The van der Waals surface area contributed by atoms with Gasteiger partial charge in [0.05, 0.1) is 11.3 Å². The Morgan fingerprint density at radius 3 is 2.89 bits per heavy atom. The van der Waals surface area contributed by atoms with Gasteiger partial charge in [0.25, 0.3) is 5.91 Å². The molecule has 0 radical (unpaired) electrons. The Morgan fingerprint density at radius 2 is 2.22 bits per heavy atom. The number of aryl methyl sites for hydroxylation is 2. The number of amides is 1. The number of rotatable bonds is 2. The van der Waals surface area contributed by atoms with Crippen LogP contribution in [0.2, 0.25) is 0 Å². The molecule has 1 atom stereocenters. The lowest BCUT2D eigenvalue weighted by Crippen LogP contribution is -2.44. The molecule has 4 heteroatoms. The molecule has 0 N–H and O–H groups in total. The Bertz CT molecular complexity index is 447. The summed E-state index contributed by atoms with van der Waals surface area (Å²) < 4.78 is 0. The fourth-order valence-electron chi connectivity index (χ4n) is 2.50. The average Bonchev–Trinajstić information content (AvgIpc) is 2.38. The molecule has 98 valence electrons. The number of piperidine rings is 1. The predicted octanol–water partition coefficient (Wildman–Crippen LogP) is 3.09. The van der Waals surface area contributed by atoms with E-state index in [1.807, 2.05) is 30.9 Å². The number of aromatic nitrogens is 1. The summed E-state index contributed by atoms with van der Waals surface area (Å²) in [7, 11) is 0. The van der Waals surface area contributed by atoms with E-state index in [1.165, 1.54) is 6.42 Å². The monoisotopic (exact) mass is 310 g/mol. The normalized spacial score (nSPS) is 19.9. The number of hydrogen-bond donors (Lipinski definition) is 0. The number of carbonyl (C=O) groups excluding carboxylic acids is 1. The van der Waals surface area contributed by atoms with Crippen LogP contribution >= 0.6 is 15.9 Å². The molecular formula is C14H19BrN2O. The lowest BCUT2D eigenvalue weighted by molar-refractivity contribution is 0.0640. The summed E-state index contributed by atoms with van der Waals surface area (Å²) in [5.41, 5.74) is 2.53. The van der Waals surface area contributed by atoms with Gasteiger partial charge in [-0.2, -0.15) is 0 Å². The molecule has 1 aliphatic heterocycles. The highest BCUT2D eigenvalue weighted by Gasteiger charge is 2.27. The summed E-state index contributed by atoms with van der Waals surface area (Å²) in [6.07, 6.45) is 3.41. The molecule has 1 aliphatic rings. The zero-order chi connectivity index (χ0) is 13.1. The fraction of sp³-hybridized carbons (Fsp3) is 0.571. The summed E-state index contributed by atoms with van der Waals surface area (Å²) in [4.78, 5) is 18.9. The van der Waals surface area contributed by atoms with Crippen LogP contribution in [0.15, 0.2) is 12.1 Å². The lowest BCUT2D eigenvalue weighted by atomic mass is 10.0. The van der Waals surface area contributed by atoms with E-state index in [0.29, 0.717) is 6.04 Å². The maximum absolute atomic E-state index is 12.6. The minimum absolute atomic E-state index is 0.129. The second-order valence-corrected chi connectivity index (χ2v) is 5.54. The molecule has 1 fully saturated rings. The van der Waals surface area contributed by atoms with Crippen molar-refractivity contribution in [2.24, 2.45) is 0 Å². The van der Waals surface area contributed by atoms with E-state index in [1.54, 1.807) is 0 Å². The van der Waals surface area contributed by atoms with Crippen LogP contribution < -0.4 is 0 Å². The summed E-state index contributed by atoms with van der Waals surface area (Å²) in [6, 6.07) is 4.14. The molecule has 0 saturated carbocycles. The Hall–Kier alpha value is -0.900. The third kappa shape index (κ3) is 2.74. The zero-order valence-electron chi connectivity index (χ0n) is 10.9. The van der Waals surface area contributed by atoms with Crippen molar-refractivity contribution in [1.29, 1.82) is 0 Å². The molecule has 1 unspecified atom stereocenters. The number of alkyl halides is 1. The topological polar surface area (TPSA) is 33.2 Å². The van der Waals surface area contributed by atoms with Gasteiger partial charge in [0.15, 0.2) is 0 Å². The minimum Gasteiger partial charge on any atom is -0.335 e. The Labute approximate surface area is 117 Å². The molecule has 1 aromatic rings. The molecule has 1 amide bonds. The largest absolute Gasteiger partial charge is 0.335 e. The van der Waals surface area contributed by atoms with Gasteiger partial charge in [-0.15, -0.1) is 0 Å². The van der Waals surface area contributed by atoms with Crippen LogP contribution in [0.1, 0.15) is 41.0 Å². The van der Waals surface area contributed by atoms with Crippen LogP contribution in [0.25, 0.3) is 0 Å². The lowest BCUT2D eigenvalue weighted by Gasteiger charge is -2.35. The number of nitrogens with zero attached hydrogens (tertiary/aromatic N) is 2. The molecule has 0 bridgehead atoms. The average molecular weight is 311 g/mol. The highest BCUT2D eigenvalue weighted by Crippen LogP contribution is 2.22. The van der Waals surface area contributed by atoms with Crippen LogP contribution in [-0.4, -0.2) is 33.7 Å². The standard InChI is InChI=1S/C14H19BrN2O/c1-10-6-7-13(11(2)16-10)14(18)17-8-4-3-5-12(17)9-15/h6-7,12H,3-5,8-9H2,1-2H3. The molecular weight excluding hydrogens is 292 g/mol. The highest BCUT2D eigenvalue weighted by molar-refractivity contribution is 9.09. The van der Waals surface area contributed by atoms with E-state index >= 15 is 0 Å². The SMILES string of the molecule is Cc1ccc(C(=O)N2CCCCC2CBr)c(C)n1. The number of likely N-dealkylation sites (tertiary alicyclic amines) is 1. The van der Waals surface area contributed by atoms with E-state index in [0.717, 1.165) is 41.7 Å². The second kappa shape index (κ2) is 5.83. The van der Waals surface area contributed by atoms with Gasteiger partial charge in [0, 0.05) is 23.6 Å². The van der Waals surface area contributed by atoms with E-state index in [2.05, 4.69) is 20.9 Å². The van der Waals surface area contributed by atoms with Crippen molar-refractivity contribution in [3.05, 3.63) is 29.1 Å². The van der Waals surface area contributed by atoms with Crippen LogP contribution in [0, 0.1) is 13.8 Å². The maximum atomic E-state index is 12.6. The minimum atomic E-state index is 0.129. The van der Waals surface area contributed by atoms with Gasteiger partial charge in [-0.25, -0.2) is 0 Å². The molecule has 18 heavy (non-hydrogen) atoms. The van der Waals surface area contributed by atoms with E-state index in [9.17, 15) is 4.79 Å². The predicted molar refractivity (Wildman–Crippen MR) is 76.2 cm³/mol. The summed E-state index contributed by atoms with van der Waals surface area (Å²) >= 11 is 3.51. The molecule has 0 aliphatic carbocycles. The maximum Gasteiger partial charge on any atom is 0.255 e. The first-order valence-corrected chi connectivity index (χ1v) is 7.57. The summed E-state index contributed by atoms with van der Waals surface area (Å²) in [6.45, 7) is 4.72. The third-order valence-corrected chi connectivity index (χ3v) is 4.27. The van der Waals surface area contributed by atoms with E-state index in [4.69, 9.17) is 0 Å². The van der Waals surface area contributed by atoms with Gasteiger partial charge >= 0.3 is 0 Å². The second-order valence-electron chi connectivity index (χ2n) is 4.89. The molecule has 0 spiro atoms. The molecule has 2 heterocycles. The van der Waals surface area contributed by atoms with Crippen molar-refractivity contribution >= 4 is 21.8 Å². The van der Waals surface area contributed by atoms with Crippen molar-refractivity contribution in [3.8, 4) is 0 Å². The Kier molecular flexibility index (Phi) is 4.38. The van der Waals surface area contributed by atoms with Gasteiger partial charge in [0.1, 0.15) is 0 Å². The first kappa shape index (κ1) is 13.5. The number of pyridine rings is 1. The van der Waals surface area contributed by atoms with Crippen LogP contribution in [0.3, 0.4) is 0 Å². The van der Waals surface area contributed by atoms with Crippen molar-refractivity contribution in [2.75, 3.05) is 11.9 Å². The van der Waals surface area contributed by atoms with Crippen molar-refractivity contribution in [2.45, 2.75) is 39.2 Å². The fourth-order valence-corrected chi connectivity index (χ4v) is 3.17. The van der Waals surface area contributed by atoms with Crippen molar-refractivity contribution in [1.82, 2.24) is 9.88 Å². The quantitative estimate of drug-likeness (QED) is 0.786. The summed E-state index contributed by atoms with van der Waals surface area (Å²) in [5, 5.41) is 0.858. The summed E-state index contributed by atoms with van der Waals surface area (Å²) in [5.74, 6) is 0.129. The van der Waals surface area contributed by atoms with Crippen LogP contribution in [-0.2, 0) is 0 Å². The number of halogens is 1. The van der Waals surface area contributed by atoms with Gasteiger partial charge in [-0.1, -0.05) is 15.9 Å². The third-order valence-electron chi connectivity index (χ3n) is 3.52. The first-order chi connectivity index (χ1) is 8.63. The van der Waals surface area contributed by atoms with Gasteiger partial charge in [-0.05, 0) is 45.2 Å². The molecule has 1 saturated heterocycles. The molecule has 2 rings (SSSR count). The van der Waals surface area contributed by atoms with Crippen molar-refractivity contribution < 1.29 is 4.79 Å². The van der Waals surface area contributed by atoms with Gasteiger partial charge in [-0.3, -0.25) is 9.78 Å².